The quantitative estimate of drug-likeness (QED) is 0.685. The van der Waals surface area contributed by atoms with Crippen molar-refractivity contribution >= 4 is 27.1 Å². The highest BCUT2D eigenvalue weighted by Crippen LogP contribution is 2.19. The summed E-state index contributed by atoms with van der Waals surface area (Å²) < 4.78 is 29.0. The lowest BCUT2D eigenvalue weighted by Crippen LogP contribution is -2.45. The van der Waals surface area contributed by atoms with Crippen molar-refractivity contribution in [1.82, 2.24) is 9.80 Å². The number of hydrogen-bond donors (Lipinski definition) is 0. The fraction of sp³-hybridized carbons (Fsp3) is 0.500. The Morgan fingerprint density at radius 3 is 2.73 bits per heavy atom. The Hall–Kier alpha value is -1.64. The van der Waals surface area contributed by atoms with Gasteiger partial charge in [0.15, 0.2) is 9.84 Å². The largest absolute Gasteiger partial charge is 0.468 e. The lowest BCUT2D eigenvalue weighted by molar-refractivity contribution is -0.134. The van der Waals surface area contributed by atoms with Gasteiger partial charge >= 0.3 is 0 Å². The van der Waals surface area contributed by atoms with Gasteiger partial charge in [-0.15, -0.1) is 11.3 Å². The summed E-state index contributed by atoms with van der Waals surface area (Å²) in [6, 6.07) is 7.57. The predicted octanol–water partition coefficient (Wildman–Crippen LogP) is 2.38. The van der Waals surface area contributed by atoms with Crippen molar-refractivity contribution in [3.63, 3.8) is 0 Å². The first kappa shape index (κ1) is 19.1. The Kier molecular flexibility index (Phi) is 6.16. The first-order valence-corrected chi connectivity index (χ1v) is 11.4. The van der Waals surface area contributed by atoms with Crippen molar-refractivity contribution in [3.05, 3.63) is 46.5 Å². The smallest absolute Gasteiger partial charge is 0.237 e. The van der Waals surface area contributed by atoms with Crippen LogP contribution in [-0.2, 0) is 27.7 Å². The second-order valence-corrected chi connectivity index (χ2v) is 9.80. The van der Waals surface area contributed by atoms with Crippen LogP contribution in [0.4, 0.5) is 0 Å². The maximum atomic E-state index is 12.9. The molecule has 0 bridgehead atoms. The molecule has 2 aromatic heterocycles. The number of hydrogen-bond acceptors (Lipinski definition) is 6. The van der Waals surface area contributed by atoms with Crippen LogP contribution >= 0.6 is 11.3 Å². The molecular formula is C18H24N2O4S2. The molecule has 0 saturated carbocycles. The van der Waals surface area contributed by atoms with Crippen molar-refractivity contribution in [2.24, 2.45) is 0 Å². The number of carbonyl (C=O) groups excluding carboxylic acids is 1. The van der Waals surface area contributed by atoms with E-state index in [2.05, 4.69) is 0 Å². The van der Waals surface area contributed by atoms with Crippen molar-refractivity contribution in [2.75, 3.05) is 24.6 Å². The highest BCUT2D eigenvalue weighted by atomic mass is 32.2. The zero-order chi connectivity index (χ0) is 18.6. The first-order chi connectivity index (χ1) is 12.5. The summed E-state index contributed by atoms with van der Waals surface area (Å²) in [7, 11) is -3.02. The molecule has 2 aromatic rings. The van der Waals surface area contributed by atoms with E-state index in [4.69, 9.17) is 4.42 Å². The molecule has 6 nitrogen and oxygen atoms in total. The number of rotatable bonds is 8. The summed E-state index contributed by atoms with van der Waals surface area (Å²) >= 11 is 1.65. The molecular weight excluding hydrogens is 372 g/mol. The number of sulfone groups is 1. The fourth-order valence-corrected chi connectivity index (χ4v) is 5.83. The third-order valence-electron chi connectivity index (χ3n) is 4.59. The van der Waals surface area contributed by atoms with Crippen LogP contribution in [0, 0.1) is 0 Å². The van der Waals surface area contributed by atoms with Gasteiger partial charge in [0.2, 0.25) is 5.91 Å². The molecule has 1 aliphatic heterocycles. The molecule has 0 spiro atoms. The molecule has 1 fully saturated rings. The minimum atomic E-state index is -3.02. The monoisotopic (exact) mass is 396 g/mol. The van der Waals surface area contributed by atoms with Crippen molar-refractivity contribution in [3.8, 4) is 0 Å². The van der Waals surface area contributed by atoms with E-state index >= 15 is 0 Å². The molecule has 1 unspecified atom stereocenters. The van der Waals surface area contributed by atoms with Crippen LogP contribution in [0.3, 0.4) is 0 Å². The molecule has 1 aliphatic rings. The standard InChI is InChI=1S/C18H24N2O4S2/c1-2-20(15-7-10-26(22,23)14-15)18(21)13-19(11-16-5-3-8-24-16)12-17-6-4-9-25-17/h3-6,8-9,15H,2,7,10-14H2,1H3. The SMILES string of the molecule is CCN(C(=O)CN(Cc1ccco1)Cc1cccs1)C1CCS(=O)(=O)C1. The highest BCUT2D eigenvalue weighted by molar-refractivity contribution is 7.91. The van der Waals surface area contributed by atoms with Crippen LogP contribution in [0.1, 0.15) is 24.0 Å². The van der Waals surface area contributed by atoms with Gasteiger partial charge in [-0.2, -0.15) is 0 Å². The van der Waals surface area contributed by atoms with Gasteiger partial charge in [0.25, 0.3) is 0 Å². The summed E-state index contributed by atoms with van der Waals surface area (Å²) in [5, 5.41) is 2.02. The molecule has 1 amide bonds. The Morgan fingerprint density at radius 1 is 1.31 bits per heavy atom. The van der Waals surface area contributed by atoms with E-state index in [-0.39, 0.29) is 30.0 Å². The molecule has 3 heterocycles. The second kappa shape index (κ2) is 8.37. The van der Waals surface area contributed by atoms with E-state index < -0.39 is 9.84 Å². The van der Waals surface area contributed by atoms with E-state index in [9.17, 15) is 13.2 Å². The number of carbonyl (C=O) groups is 1. The minimum absolute atomic E-state index is 0.0299. The number of nitrogens with zero attached hydrogens (tertiary/aromatic N) is 2. The topological polar surface area (TPSA) is 70.8 Å². The third kappa shape index (κ3) is 4.96. The lowest BCUT2D eigenvalue weighted by atomic mass is 10.2. The fourth-order valence-electron chi connectivity index (χ4n) is 3.36. The average molecular weight is 397 g/mol. The summed E-state index contributed by atoms with van der Waals surface area (Å²) in [5.41, 5.74) is 0. The zero-order valence-corrected chi connectivity index (χ0v) is 16.5. The summed E-state index contributed by atoms with van der Waals surface area (Å²) in [6.45, 7) is 3.86. The van der Waals surface area contributed by atoms with Gasteiger partial charge in [-0.25, -0.2) is 8.42 Å². The molecule has 26 heavy (non-hydrogen) atoms. The van der Waals surface area contributed by atoms with Crippen LogP contribution in [0.15, 0.2) is 40.3 Å². The van der Waals surface area contributed by atoms with E-state index in [1.165, 1.54) is 4.88 Å². The van der Waals surface area contributed by atoms with Crippen LogP contribution in [0.25, 0.3) is 0 Å². The summed E-state index contributed by atoms with van der Waals surface area (Å²) in [5.74, 6) is 1.03. The molecule has 0 aliphatic carbocycles. The third-order valence-corrected chi connectivity index (χ3v) is 7.20. The van der Waals surface area contributed by atoms with Crippen molar-refractivity contribution < 1.29 is 17.6 Å². The molecule has 142 valence electrons. The molecule has 0 aromatic carbocycles. The van der Waals surface area contributed by atoms with Crippen molar-refractivity contribution in [1.29, 1.82) is 0 Å². The second-order valence-electron chi connectivity index (χ2n) is 6.54. The van der Waals surface area contributed by atoms with Gasteiger partial charge in [0.1, 0.15) is 5.76 Å². The maximum Gasteiger partial charge on any atom is 0.237 e. The first-order valence-electron chi connectivity index (χ1n) is 8.74. The maximum absolute atomic E-state index is 12.9. The van der Waals surface area contributed by atoms with Crippen LogP contribution in [-0.4, -0.2) is 54.8 Å². The Labute approximate surface area is 158 Å². The molecule has 1 atom stereocenters. The van der Waals surface area contributed by atoms with E-state index in [1.807, 2.05) is 41.5 Å². The Balaban J connectivity index is 1.68. The van der Waals surface area contributed by atoms with Crippen LogP contribution in [0.5, 0.6) is 0 Å². The summed E-state index contributed by atoms with van der Waals surface area (Å²) in [6.07, 6.45) is 2.16. The molecule has 8 heteroatoms. The Bertz CT molecular complexity index is 764. The van der Waals surface area contributed by atoms with E-state index in [0.29, 0.717) is 26.1 Å². The number of thiophene rings is 1. The van der Waals surface area contributed by atoms with Gasteiger partial charge in [-0.3, -0.25) is 9.69 Å². The molecule has 0 N–H and O–H groups in total. The zero-order valence-electron chi connectivity index (χ0n) is 14.8. The average Bonchev–Trinajstić information content (AvgIpc) is 3.31. The minimum Gasteiger partial charge on any atom is -0.468 e. The summed E-state index contributed by atoms with van der Waals surface area (Å²) in [4.78, 5) is 17.8. The molecule has 1 saturated heterocycles. The Morgan fingerprint density at radius 2 is 2.15 bits per heavy atom. The van der Waals surface area contributed by atoms with Gasteiger partial charge < -0.3 is 9.32 Å². The van der Waals surface area contributed by atoms with Gasteiger partial charge in [0.05, 0.1) is 30.9 Å². The van der Waals surface area contributed by atoms with Crippen LogP contribution in [0.2, 0.25) is 0 Å². The van der Waals surface area contributed by atoms with E-state index in [0.717, 1.165) is 5.76 Å². The van der Waals surface area contributed by atoms with E-state index in [1.54, 1.807) is 22.5 Å². The normalized spacial score (nSPS) is 19.1. The number of amides is 1. The van der Waals surface area contributed by atoms with Gasteiger partial charge in [-0.1, -0.05) is 6.07 Å². The predicted molar refractivity (Wildman–Crippen MR) is 102 cm³/mol. The lowest BCUT2D eigenvalue weighted by Gasteiger charge is -2.30. The van der Waals surface area contributed by atoms with Gasteiger partial charge in [-0.05, 0) is 36.9 Å². The van der Waals surface area contributed by atoms with Crippen LogP contribution < -0.4 is 0 Å². The number of likely N-dealkylation sites (N-methyl/N-ethyl adjacent to an activating group) is 1. The van der Waals surface area contributed by atoms with Gasteiger partial charge in [0, 0.05) is 24.0 Å². The molecule has 0 radical (unpaired) electrons. The van der Waals surface area contributed by atoms with Crippen molar-refractivity contribution in [2.45, 2.75) is 32.5 Å². The highest BCUT2D eigenvalue weighted by Gasteiger charge is 2.34. The molecule has 3 rings (SSSR count). The number of furan rings is 1.